The molecule has 56 valence electrons. The summed E-state index contributed by atoms with van der Waals surface area (Å²) >= 11 is 3.54. The molecule has 2 heteroatoms. The average molecular weight is 203 g/mol. The van der Waals surface area contributed by atoms with Crippen molar-refractivity contribution in [2.24, 2.45) is 5.92 Å². The molecule has 1 aromatic rings. The summed E-state index contributed by atoms with van der Waals surface area (Å²) < 4.78 is 5.21. The SMILES string of the molecule is CC(C)C(Br)c1ccco1. The molecule has 0 saturated carbocycles. The first kappa shape index (κ1) is 7.86. The van der Waals surface area contributed by atoms with Crippen molar-refractivity contribution in [3.05, 3.63) is 24.2 Å². The first-order chi connectivity index (χ1) is 4.72. The van der Waals surface area contributed by atoms with Gasteiger partial charge in [-0.1, -0.05) is 29.8 Å². The number of halogens is 1. The lowest BCUT2D eigenvalue weighted by atomic mass is 10.1. The number of hydrogen-bond acceptors (Lipinski definition) is 1. The highest BCUT2D eigenvalue weighted by molar-refractivity contribution is 9.09. The van der Waals surface area contributed by atoms with Crippen LogP contribution in [0.3, 0.4) is 0 Å². The van der Waals surface area contributed by atoms with E-state index in [1.807, 2.05) is 12.1 Å². The molecule has 1 nitrogen and oxygen atoms in total. The van der Waals surface area contributed by atoms with E-state index < -0.39 is 0 Å². The fraction of sp³-hybridized carbons (Fsp3) is 0.500. The van der Waals surface area contributed by atoms with Gasteiger partial charge in [-0.3, -0.25) is 0 Å². The standard InChI is InChI=1S/C8H11BrO/c1-6(2)8(9)7-4-3-5-10-7/h3-6,8H,1-2H3. The van der Waals surface area contributed by atoms with E-state index in [0.717, 1.165) is 5.76 Å². The first-order valence-electron chi connectivity index (χ1n) is 3.39. The Labute approximate surface area is 69.6 Å². The highest BCUT2D eigenvalue weighted by atomic mass is 79.9. The summed E-state index contributed by atoms with van der Waals surface area (Å²) in [7, 11) is 0. The van der Waals surface area contributed by atoms with Crippen molar-refractivity contribution in [1.29, 1.82) is 0 Å². The third-order valence-electron chi connectivity index (χ3n) is 1.40. The Morgan fingerprint density at radius 1 is 1.50 bits per heavy atom. The Balaban J connectivity index is 2.68. The Kier molecular flexibility index (Phi) is 2.55. The lowest BCUT2D eigenvalue weighted by molar-refractivity contribution is 0.469. The maximum atomic E-state index is 5.21. The molecule has 0 N–H and O–H groups in total. The van der Waals surface area contributed by atoms with E-state index in [0.29, 0.717) is 10.7 Å². The van der Waals surface area contributed by atoms with E-state index in [-0.39, 0.29) is 0 Å². The second kappa shape index (κ2) is 3.24. The maximum Gasteiger partial charge on any atom is 0.117 e. The minimum Gasteiger partial charge on any atom is -0.468 e. The van der Waals surface area contributed by atoms with E-state index in [4.69, 9.17) is 4.42 Å². The second-order valence-corrected chi connectivity index (χ2v) is 3.65. The monoisotopic (exact) mass is 202 g/mol. The zero-order valence-corrected chi connectivity index (χ0v) is 7.76. The van der Waals surface area contributed by atoms with Crippen molar-refractivity contribution in [1.82, 2.24) is 0 Å². The number of furan rings is 1. The van der Waals surface area contributed by atoms with Crippen molar-refractivity contribution < 1.29 is 4.42 Å². The zero-order chi connectivity index (χ0) is 7.56. The molecule has 1 rings (SSSR count). The van der Waals surface area contributed by atoms with E-state index in [1.165, 1.54) is 0 Å². The minimum atomic E-state index is 0.350. The minimum absolute atomic E-state index is 0.350. The summed E-state index contributed by atoms with van der Waals surface area (Å²) in [6, 6.07) is 3.89. The predicted molar refractivity (Wildman–Crippen MR) is 45.2 cm³/mol. The molecule has 0 radical (unpaired) electrons. The van der Waals surface area contributed by atoms with Crippen molar-refractivity contribution in [3.63, 3.8) is 0 Å². The quantitative estimate of drug-likeness (QED) is 0.671. The Morgan fingerprint density at radius 2 is 2.20 bits per heavy atom. The lowest BCUT2D eigenvalue weighted by Gasteiger charge is -2.09. The van der Waals surface area contributed by atoms with E-state index in [9.17, 15) is 0 Å². The van der Waals surface area contributed by atoms with Crippen LogP contribution in [0.4, 0.5) is 0 Å². The molecule has 0 aliphatic rings. The van der Waals surface area contributed by atoms with Gasteiger partial charge in [0.25, 0.3) is 0 Å². The van der Waals surface area contributed by atoms with Crippen LogP contribution in [-0.2, 0) is 0 Å². The van der Waals surface area contributed by atoms with E-state index in [1.54, 1.807) is 6.26 Å². The zero-order valence-electron chi connectivity index (χ0n) is 6.17. The number of rotatable bonds is 2. The third kappa shape index (κ3) is 1.63. The molecule has 0 saturated heterocycles. The number of hydrogen-bond donors (Lipinski definition) is 0. The van der Waals surface area contributed by atoms with Gasteiger partial charge in [0.15, 0.2) is 0 Å². The molecule has 10 heavy (non-hydrogen) atoms. The summed E-state index contributed by atoms with van der Waals surface area (Å²) in [6.45, 7) is 4.31. The van der Waals surface area contributed by atoms with Gasteiger partial charge in [0.1, 0.15) is 5.76 Å². The Morgan fingerprint density at radius 3 is 2.60 bits per heavy atom. The molecule has 0 aromatic carbocycles. The second-order valence-electron chi connectivity index (χ2n) is 2.66. The predicted octanol–water partition coefficient (Wildman–Crippen LogP) is 3.37. The largest absolute Gasteiger partial charge is 0.468 e. The van der Waals surface area contributed by atoms with Crippen LogP contribution in [0.15, 0.2) is 22.8 Å². The van der Waals surface area contributed by atoms with Crippen LogP contribution in [-0.4, -0.2) is 0 Å². The summed E-state index contributed by atoms with van der Waals surface area (Å²) in [5.74, 6) is 1.58. The molecule has 0 aliphatic carbocycles. The van der Waals surface area contributed by atoms with Crippen molar-refractivity contribution in [3.8, 4) is 0 Å². The van der Waals surface area contributed by atoms with Gasteiger partial charge >= 0.3 is 0 Å². The topological polar surface area (TPSA) is 13.1 Å². The van der Waals surface area contributed by atoms with Gasteiger partial charge in [0.05, 0.1) is 11.1 Å². The highest BCUT2D eigenvalue weighted by Crippen LogP contribution is 2.30. The van der Waals surface area contributed by atoms with Crippen LogP contribution in [0.2, 0.25) is 0 Å². The molecular weight excluding hydrogens is 192 g/mol. The van der Waals surface area contributed by atoms with Crippen molar-refractivity contribution in [2.45, 2.75) is 18.7 Å². The van der Waals surface area contributed by atoms with Gasteiger partial charge < -0.3 is 4.42 Å². The Hall–Kier alpha value is -0.240. The fourth-order valence-electron chi connectivity index (χ4n) is 0.777. The number of alkyl halides is 1. The molecule has 0 fully saturated rings. The van der Waals surface area contributed by atoms with Crippen LogP contribution < -0.4 is 0 Å². The molecule has 1 atom stereocenters. The van der Waals surface area contributed by atoms with Crippen LogP contribution >= 0.6 is 15.9 Å². The van der Waals surface area contributed by atoms with Gasteiger partial charge in [-0.05, 0) is 18.1 Å². The molecular formula is C8H11BrO. The normalized spacial score (nSPS) is 14.0. The van der Waals surface area contributed by atoms with Gasteiger partial charge in [0, 0.05) is 0 Å². The van der Waals surface area contributed by atoms with E-state index >= 15 is 0 Å². The molecule has 0 aliphatic heterocycles. The highest BCUT2D eigenvalue weighted by Gasteiger charge is 2.13. The van der Waals surface area contributed by atoms with Crippen LogP contribution in [0, 0.1) is 5.92 Å². The van der Waals surface area contributed by atoms with Crippen LogP contribution in [0.1, 0.15) is 24.4 Å². The summed E-state index contributed by atoms with van der Waals surface area (Å²) in [5, 5.41) is 0. The van der Waals surface area contributed by atoms with Gasteiger partial charge in [0.2, 0.25) is 0 Å². The van der Waals surface area contributed by atoms with E-state index in [2.05, 4.69) is 29.8 Å². The summed E-state index contributed by atoms with van der Waals surface area (Å²) in [6.07, 6.45) is 1.70. The van der Waals surface area contributed by atoms with Gasteiger partial charge in [-0.25, -0.2) is 0 Å². The summed E-state index contributed by atoms with van der Waals surface area (Å²) in [5.41, 5.74) is 0. The molecule has 1 unspecified atom stereocenters. The van der Waals surface area contributed by atoms with Gasteiger partial charge in [-0.2, -0.15) is 0 Å². The molecule has 0 bridgehead atoms. The average Bonchev–Trinajstić information content (AvgIpc) is 2.36. The van der Waals surface area contributed by atoms with Crippen LogP contribution in [0.5, 0.6) is 0 Å². The molecule has 0 amide bonds. The summed E-state index contributed by atoms with van der Waals surface area (Å²) in [4.78, 5) is 0.350. The fourth-order valence-corrected chi connectivity index (χ4v) is 1.04. The Bertz CT molecular complexity index is 179. The lowest BCUT2D eigenvalue weighted by Crippen LogP contribution is -1.95. The van der Waals surface area contributed by atoms with Crippen LogP contribution in [0.25, 0.3) is 0 Å². The first-order valence-corrected chi connectivity index (χ1v) is 4.31. The third-order valence-corrected chi connectivity index (χ3v) is 2.91. The van der Waals surface area contributed by atoms with Crippen molar-refractivity contribution in [2.75, 3.05) is 0 Å². The molecule has 1 aromatic heterocycles. The van der Waals surface area contributed by atoms with Crippen molar-refractivity contribution >= 4 is 15.9 Å². The molecule has 0 spiro atoms. The van der Waals surface area contributed by atoms with Gasteiger partial charge in [-0.15, -0.1) is 0 Å². The molecule has 1 heterocycles. The smallest absolute Gasteiger partial charge is 0.117 e. The maximum absolute atomic E-state index is 5.21.